The zero-order chi connectivity index (χ0) is 14.9. The number of rotatable bonds is 4. The van der Waals surface area contributed by atoms with Gasteiger partial charge < -0.3 is 0 Å². The fourth-order valence-electron chi connectivity index (χ4n) is 2.23. The molecule has 0 spiro atoms. The summed E-state index contributed by atoms with van der Waals surface area (Å²) in [5, 5.41) is 3.89. The van der Waals surface area contributed by atoms with Crippen molar-refractivity contribution in [3.63, 3.8) is 0 Å². The molecule has 0 fully saturated rings. The topological polar surface area (TPSA) is 46.2 Å². The summed E-state index contributed by atoms with van der Waals surface area (Å²) in [5.74, 6) is 0. The van der Waals surface area contributed by atoms with Crippen molar-refractivity contribution in [2.45, 2.75) is 17.9 Å². The average Bonchev–Trinajstić information content (AvgIpc) is 3.00. The summed E-state index contributed by atoms with van der Waals surface area (Å²) in [5.41, 5.74) is 0. The zero-order valence-electron chi connectivity index (χ0n) is 11.5. The Morgan fingerprint density at radius 3 is 2.48 bits per heavy atom. The van der Waals surface area contributed by atoms with Crippen LogP contribution >= 0.6 is 11.3 Å². The summed E-state index contributed by atoms with van der Waals surface area (Å²) < 4.78 is 27.7. The molecule has 0 saturated carbocycles. The van der Waals surface area contributed by atoms with Crippen molar-refractivity contribution in [1.82, 2.24) is 4.72 Å². The number of thiophene rings is 1. The molecule has 1 heterocycles. The lowest BCUT2D eigenvalue weighted by Crippen LogP contribution is -2.26. The maximum Gasteiger partial charge on any atom is 0.241 e. The van der Waals surface area contributed by atoms with Gasteiger partial charge in [-0.15, -0.1) is 11.3 Å². The second kappa shape index (κ2) is 5.60. The van der Waals surface area contributed by atoms with Crippen molar-refractivity contribution in [1.29, 1.82) is 0 Å². The Kier molecular flexibility index (Phi) is 3.80. The maximum absolute atomic E-state index is 12.5. The van der Waals surface area contributed by atoms with Gasteiger partial charge in [0.2, 0.25) is 10.0 Å². The number of nitrogens with one attached hydrogen (secondary N) is 1. The van der Waals surface area contributed by atoms with Crippen LogP contribution in [0.3, 0.4) is 0 Å². The van der Waals surface area contributed by atoms with E-state index in [-0.39, 0.29) is 6.04 Å². The molecule has 108 valence electrons. The van der Waals surface area contributed by atoms with Crippen LogP contribution in [0.4, 0.5) is 0 Å². The number of hydrogen-bond donors (Lipinski definition) is 1. The lowest BCUT2D eigenvalue weighted by atomic mass is 10.1. The largest absolute Gasteiger partial charge is 0.241 e. The monoisotopic (exact) mass is 317 g/mol. The lowest BCUT2D eigenvalue weighted by Gasteiger charge is -2.13. The van der Waals surface area contributed by atoms with Crippen LogP contribution in [0.5, 0.6) is 0 Å². The van der Waals surface area contributed by atoms with Gasteiger partial charge in [0.15, 0.2) is 0 Å². The Morgan fingerprint density at radius 1 is 1.00 bits per heavy atom. The first-order chi connectivity index (χ1) is 10.1. The van der Waals surface area contributed by atoms with Crippen LogP contribution in [-0.4, -0.2) is 8.42 Å². The van der Waals surface area contributed by atoms with E-state index >= 15 is 0 Å². The summed E-state index contributed by atoms with van der Waals surface area (Å²) in [7, 11) is -3.52. The van der Waals surface area contributed by atoms with E-state index < -0.39 is 10.0 Å². The van der Waals surface area contributed by atoms with Crippen LogP contribution in [0.15, 0.2) is 64.9 Å². The third-order valence-corrected chi connectivity index (χ3v) is 5.93. The van der Waals surface area contributed by atoms with Crippen LogP contribution < -0.4 is 4.72 Å². The highest BCUT2D eigenvalue weighted by atomic mass is 32.2. The van der Waals surface area contributed by atoms with Gasteiger partial charge in [-0.25, -0.2) is 13.1 Å². The molecule has 2 aromatic carbocycles. The van der Waals surface area contributed by atoms with Crippen molar-refractivity contribution >= 4 is 32.1 Å². The minimum Gasteiger partial charge on any atom is -0.207 e. The molecule has 1 aromatic heterocycles. The van der Waals surface area contributed by atoms with E-state index in [1.54, 1.807) is 23.5 Å². The fraction of sp³-hybridized carbons (Fsp3) is 0.125. The molecule has 3 rings (SSSR count). The van der Waals surface area contributed by atoms with Gasteiger partial charge in [0.25, 0.3) is 0 Å². The Balaban J connectivity index is 1.92. The van der Waals surface area contributed by atoms with Crippen LogP contribution in [0.25, 0.3) is 10.8 Å². The number of sulfonamides is 1. The van der Waals surface area contributed by atoms with Crippen molar-refractivity contribution in [2.75, 3.05) is 0 Å². The van der Waals surface area contributed by atoms with Gasteiger partial charge in [0.05, 0.1) is 10.9 Å². The standard InChI is InChI=1S/C16H15NO2S2/c1-12(16-7-4-10-20-16)17-21(18,19)15-9-8-13-5-2-3-6-14(13)11-15/h2-12,17H,1H3/t12-/m1/s1. The van der Waals surface area contributed by atoms with Gasteiger partial charge in [-0.1, -0.05) is 36.4 Å². The summed E-state index contributed by atoms with van der Waals surface area (Å²) in [4.78, 5) is 1.30. The normalized spacial score (nSPS) is 13.4. The summed E-state index contributed by atoms with van der Waals surface area (Å²) in [6.07, 6.45) is 0. The summed E-state index contributed by atoms with van der Waals surface area (Å²) in [6, 6.07) is 16.5. The van der Waals surface area contributed by atoms with E-state index in [0.717, 1.165) is 15.6 Å². The third kappa shape index (κ3) is 3.00. The van der Waals surface area contributed by atoms with Gasteiger partial charge in [-0.3, -0.25) is 0 Å². The predicted octanol–water partition coefficient (Wildman–Crippen LogP) is 3.94. The Bertz CT molecular complexity index is 855. The van der Waals surface area contributed by atoms with Crippen LogP contribution in [0, 0.1) is 0 Å². The van der Waals surface area contributed by atoms with E-state index in [1.165, 1.54) is 0 Å². The van der Waals surface area contributed by atoms with Crippen molar-refractivity contribution in [3.05, 3.63) is 64.9 Å². The van der Waals surface area contributed by atoms with Gasteiger partial charge in [-0.2, -0.15) is 0 Å². The molecule has 21 heavy (non-hydrogen) atoms. The van der Waals surface area contributed by atoms with Crippen LogP contribution in [-0.2, 0) is 10.0 Å². The molecule has 0 aliphatic carbocycles. The number of benzene rings is 2. The molecule has 5 heteroatoms. The quantitative estimate of drug-likeness (QED) is 0.792. The molecule has 0 aliphatic rings. The second-order valence-corrected chi connectivity index (χ2v) is 7.56. The molecular formula is C16H15NO2S2. The minimum atomic E-state index is -3.52. The molecule has 1 atom stereocenters. The molecule has 0 saturated heterocycles. The Hall–Kier alpha value is -1.69. The molecule has 3 aromatic rings. The highest BCUT2D eigenvalue weighted by Gasteiger charge is 2.19. The Labute approximate surface area is 128 Å². The van der Waals surface area contributed by atoms with Gasteiger partial charge in [-0.05, 0) is 41.3 Å². The average molecular weight is 317 g/mol. The molecule has 0 bridgehead atoms. The maximum atomic E-state index is 12.5. The summed E-state index contributed by atoms with van der Waals surface area (Å²) in [6.45, 7) is 1.85. The van der Waals surface area contributed by atoms with Crippen molar-refractivity contribution in [3.8, 4) is 0 Å². The molecule has 0 aliphatic heterocycles. The zero-order valence-corrected chi connectivity index (χ0v) is 13.1. The van der Waals surface area contributed by atoms with E-state index in [9.17, 15) is 8.42 Å². The minimum absolute atomic E-state index is 0.235. The fourth-order valence-corrected chi connectivity index (χ4v) is 4.30. The number of fused-ring (bicyclic) bond motifs is 1. The molecule has 0 unspecified atom stereocenters. The first-order valence-corrected chi connectivity index (χ1v) is 8.97. The number of hydrogen-bond acceptors (Lipinski definition) is 3. The van der Waals surface area contributed by atoms with E-state index in [1.807, 2.05) is 54.8 Å². The van der Waals surface area contributed by atoms with Crippen molar-refractivity contribution < 1.29 is 8.42 Å². The molecular weight excluding hydrogens is 302 g/mol. The summed E-state index contributed by atoms with van der Waals surface area (Å²) >= 11 is 1.54. The third-order valence-electron chi connectivity index (χ3n) is 3.33. The molecule has 0 radical (unpaired) electrons. The molecule has 3 nitrogen and oxygen atoms in total. The van der Waals surface area contributed by atoms with Gasteiger partial charge in [0, 0.05) is 4.88 Å². The second-order valence-electron chi connectivity index (χ2n) is 4.87. The molecule has 1 N–H and O–H groups in total. The van der Waals surface area contributed by atoms with Crippen LogP contribution in [0.1, 0.15) is 17.8 Å². The smallest absolute Gasteiger partial charge is 0.207 e. The van der Waals surface area contributed by atoms with E-state index in [2.05, 4.69) is 4.72 Å². The Morgan fingerprint density at radius 2 is 1.76 bits per heavy atom. The first-order valence-electron chi connectivity index (χ1n) is 6.61. The first kappa shape index (κ1) is 14.3. The molecule has 0 amide bonds. The van der Waals surface area contributed by atoms with Gasteiger partial charge >= 0.3 is 0 Å². The highest BCUT2D eigenvalue weighted by molar-refractivity contribution is 7.89. The van der Waals surface area contributed by atoms with E-state index in [0.29, 0.717) is 4.90 Å². The lowest BCUT2D eigenvalue weighted by molar-refractivity contribution is 0.568. The van der Waals surface area contributed by atoms with Crippen molar-refractivity contribution in [2.24, 2.45) is 0 Å². The SMILES string of the molecule is C[C@@H](NS(=O)(=O)c1ccc2ccccc2c1)c1cccs1. The predicted molar refractivity (Wildman–Crippen MR) is 87.0 cm³/mol. The highest BCUT2D eigenvalue weighted by Crippen LogP contribution is 2.23. The van der Waals surface area contributed by atoms with Gasteiger partial charge in [0.1, 0.15) is 0 Å². The van der Waals surface area contributed by atoms with E-state index in [4.69, 9.17) is 0 Å². The van der Waals surface area contributed by atoms with Crippen LogP contribution in [0.2, 0.25) is 0 Å².